The van der Waals surface area contributed by atoms with E-state index in [-0.39, 0.29) is 17.0 Å². The Labute approximate surface area is 169 Å². The molecule has 1 N–H and O–H groups in total. The lowest BCUT2D eigenvalue weighted by atomic mass is 9.93. The van der Waals surface area contributed by atoms with Crippen LogP contribution in [0.3, 0.4) is 0 Å². The number of alkyl halides is 3. The number of guanidine groups is 1. The number of rotatable bonds is 4. The van der Waals surface area contributed by atoms with E-state index in [2.05, 4.69) is 0 Å². The molecule has 1 aliphatic rings. The van der Waals surface area contributed by atoms with Gasteiger partial charge in [0.05, 0.1) is 23.2 Å². The highest BCUT2D eigenvalue weighted by atomic mass is 19.4. The molecule has 1 aliphatic heterocycles. The number of hydrogen-bond acceptors (Lipinski definition) is 4. The lowest BCUT2D eigenvalue weighted by Gasteiger charge is -2.41. The van der Waals surface area contributed by atoms with Gasteiger partial charge in [-0.25, -0.2) is 0 Å². The molecule has 0 radical (unpaired) electrons. The zero-order valence-corrected chi connectivity index (χ0v) is 15.6. The Morgan fingerprint density at radius 1 is 1.13 bits per heavy atom. The van der Waals surface area contributed by atoms with Gasteiger partial charge in [-0.1, -0.05) is 18.2 Å². The maximum absolute atomic E-state index is 13.1. The smallest absolute Gasteiger partial charge is 0.298 e. The summed E-state index contributed by atoms with van der Waals surface area (Å²) in [6, 6.07) is 11.5. The van der Waals surface area contributed by atoms with Crippen molar-refractivity contribution in [1.82, 2.24) is 4.90 Å². The van der Waals surface area contributed by atoms with Crippen molar-refractivity contribution in [3.8, 4) is 6.07 Å². The van der Waals surface area contributed by atoms with Gasteiger partial charge in [0.15, 0.2) is 0 Å². The van der Waals surface area contributed by atoms with Crippen LogP contribution in [0.2, 0.25) is 0 Å². The third-order valence-electron chi connectivity index (χ3n) is 4.81. The van der Waals surface area contributed by atoms with Crippen LogP contribution in [0, 0.1) is 16.7 Å². The Kier molecular flexibility index (Phi) is 5.43. The first-order valence-electron chi connectivity index (χ1n) is 8.68. The summed E-state index contributed by atoms with van der Waals surface area (Å²) in [5.74, 6) is -0.401. The van der Waals surface area contributed by atoms with Crippen LogP contribution < -0.4 is 4.90 Å². The van der Waals surface area contributed by atoms with Gasteiger partial charge in [0.25, 0.3) is 0 Å². The van der Waals surface area contributed by atoms with E-state index < -0.39 is 23.7 Å². The average Bonchev–Trinajstić information content (AvgIpc) is 2.73. The summed E-state index contributed by atoms with van der Waals surface area (Å²) in [6.07, 6.45) is -3.72. The van der Waals surface area contributed by atoms with Gasteiger partial charge < -0.3 is 0 Å². The van der Waals surface area contributed by atoms with Gasteiger partial charge in [0.2, 0.25) is 12.4 Å². The molecule has 3 rings (SSSR count). The molecule has 1 unspecified atom stereocenters. The normalized spacial score (nSPS) is 17.0. The quantitative estimate of drug-likeness (QED) is 0.769. The molecule has 30 heavy (non-hydrogen) atoms. The molecule has 1 atom stereocenters. The average molecular weight is 412 g/mol. The number of aldehydes is 1. The second-order valence-corrected chi connectivity index (χ2v) is 6.51. The van der Waals surface area contributed by atoms with Gasteiger partial charge in [0.1, 0.15) is 6.29 Å². The van der Waals surface area contributed by atoms with Gasteiger partial charge in [-0.05, 0) is 42.8 Å². The number of halogens is 3. The summed E-state index contributed by atoms with van der Waals surface area (Å²) >= 11 is 0. The zero-order valence-electron chi connectivity index (χ0n) is 15.6. The van der Waals surface area contributed by atoms with Crippen LogP contribution in [-0.2, 0) is 15.8 Å². The fourth-order valence-corrected chi connectivity index (χ4v) is 3.35. The predicted molar refractivity (Wildman–Crippen MR) is 102 cm³/mol. The summed E-state index contributed by atoms with van der Waals surface area (Å²) in [7, 11) is 0. The Bertz CT molecular complexity index is 1080. The maximum atomic E-state index is 13.1. The molecule has 0 spiro atoms. The standard InChI is InChI=1S/C21H15F3N4O2/c1-13-18(11-29)19(15-7-5-14(10-25)6-8-15)27(12-30)20(26)28(13)17-4-2-3-16(9-17)21(22,23)24/h2-9,11-12,19,26H,1H3. The molecule has 0 saturated heterocycles. The Balaban J connectivity index is 2.17. The highest BCUT2D eigenvalue weighted by Crippen LogP contribution is 2.39. The number of hydrogen-bond donors (Lipinski definition) is 1. The van der Waals surface area contributed by atoms with Gasteiger partial charge in [-0.3, -0.25) is 24.8 Å². The van der Waals surface area contributed by atoms with Crippen molar-refractivity contribution in [1.29, 1.82) is 10.7 Å². The molecule has 9 heteroatoms. The van der Waals surface area contributed by atoms with Crippen LogP contribution in [0.4, 0.5) is 18.9 Å². The molecule has 6 nitrogen and oxygen atoms in total. The van der Waals surface area contributed by atoms with E-state index in [0.717, 1.165) is 21.9 Å². The van der Waals surface area contributed by atoms with Gasteiger partial charge >= 0.3 is 6.18 Å². The Hall–Kier alpha value is -3.93. The van der Waals surface area contributed by atoms with Crippen molar-refractivity contribution < 1.29 is 22.8 Å². The van der Waals surface area contributed by atoms with E-state index in [1.54, 1.807) is 12.1 Å². The molecule has 152 valence electrons. The molecule has 0 aromatic heterocycles. The lowest BCUT2D eigenvalue weighted by Crippen LogP contribution is -2.49. The minimum Gasteiger partial charge on any atom is -0.298 e. The van der Waals surface area contributed by atoms with Crippen molar-refractivity contribution in [2.24, 2.45) is 0 Å². The van der Waals surface area contributed by atoms with E-state index in [1.807, 2.05) is 6.07 Å². The number of allylic oxidation sites excluding steroid dienone is 1. The van der Waals surface area contributed by atoms with E-state index in [0.29, 0.717) is 23.8 Å². The number of nitriles is 1. The maximum Gasteiger partial charge on any atom is 0.416 e. The number of nitrogens with one attached hydrogen (secondary N) is 1. The van der Waals surface area contributed by atoms with Crippen LogP contribution >= 0.6 is 0 Å². The summed E-state index contributed by atoms with van der Waals surface area (Å²) in [5, 5.41) is 17.4. The Morgan fingerprint density at radius 3 is 2.33 bits per heavy atom. The van der Waals surface area contributed by atoms with Crippen molar-refractivity contribution in [2.45, 2.75) is 19.1 Å². The highest BCUT2D eigenvalue weighted by Gasteiger charge is 2.38. The zero-order chi connectivity index (χ0) is 22.1. The first kappa shape index (κ1) is 20.8. The topological polar surface area (TPSA) is 88.3 Å². The molecule has 0 bridgehead atoms. The van der Waals surface area contributed by atoms with Gasteiger partial charge in [-0.15, -0.1) is 0 Å². The number of benzene rings is 2. The number of amides is 1. The third kappa shape index (κ3) is 3.55. The molecular weight excluding hydrogens is 397 g/mol. The van der Waals surface area contributed by atoms with Crippen LogP contribution in [0.25, 0.3) is 0 Å². The number of carbonyl (C=O) groups is 2. The summed E-state index contributed by atoms with van der Waals surface area (Å²) in [6.45, 7) is 1.50. The van der Waals surface area contributed by atoms with E-state index in [4.69, 9.17) is 10.7 Å². The Morgan fingerprint density at radius 2 is 1.80 bits per heavy atom. The third-order valence-corrected chi connectivity index (χ3v) is 4.81. The summed E-state index contributed by atoms with van der Waals surface area (Å²) in [5.41, 5.74) is 0.274. The largest absolute Gasteiger partial charge is 0.416 e. The van der Waals surface area contributed by atoms with E-state index >= 15 is 0 Å². The minimum absolute atomic E-state index is 0.00296. The van der Waals surface area contributed by atoms with Gasteiger partial charge in [0, 0.05) is 17.0 Å². The first-order chi connectivity index (χ1) is 14.2. The van der Waals surface area contributed by atoms with Crippen molar-refractivity contribution in [3.63, 3.8) is 0 Å². The van der Waals surface area contributed by atoms with Crippen LogP contribution in [0.15, 0.2) is 59.8 Å². The molecular formula is C21H15F3N4O2. The predicted octanol–water partition coefficient (Wildman–Crippen LogP) is 4.00. The van der Waals surface area contributed by atoms with Crippen molar-refractivity contribution in [2.75, 3.05) is 4.90 Å². The minimum atomic E-state index is -4.59. The molecule has 0 aliphatic carbocycles. The van der Waals surface area contributed by atoms with E-state index in [9.17, 15) is 22.8 Å². The van der Waals surface area contributed by atoms with E-state index in [1.165, 1.54) is 31.2 Å². The fourth-order valence-electron chi connectivity index (χ4n) is 3.35. The van der Waals surface area contributed by atoms with Crippen LogP contribution in [0.1, 0.15) is 29.7 Å². The second kappa shape index (κ2) is 7.83. The molecule has 0 saturated carbocycles. The number of carbonyl (C=O) groups excluding carboxylic acids is 2. The molecule has 1 amide bonds. The highest BCUT2D eigenvalue weighted by molar-refractivity contribution is 6.06. The molecule has 2 aromatic carbocycles. The fraction of sp³-hybridized carbons (Fsp3) is 0.143. The monoisotopic (exact) mass is 412 g/mol. The number of nitrogens with zero attached hydrogens (tertiary/aromatic N) is 3. The van der Waals surface area contributed by atoms with Crippen molar-refractivity contribution in [3.05, 3.63) is 76.5 Å². The summed E-state index contributed by atoms with van der Waals surface area (Å²) < 4.78 is 39.4. The molecule has 2 aromatic rings. The SMILES string of the molecule is CC1=C(C=O)C(c2ccc(C#N)cc2)N(C=O)C(=N)N1c1cccc(C(F)(F)F)c1. The second-order valence-electron chi connectivity index (χ2n) is 6.51. The van der Waals surface area contributed by atoms with Crippen molar-refractivity contribution >= 4 is 24.3 Å². The van der Waals surface area contributed by atoms with Crippen LogP contribution in [0.5, 0.6) is 0 Å². The summed E-state index contributed by atoms with van der Waals surface area (Å²) in [4.78, 5) is 25.8. The lowest BCUT2D eigenvalue weighted by molar-refractivity contribution is -0.137. The molecule has 0 fully saturated rings. The van der Waals surface area contributed by atoms with Crippen LogP contribution in [-0.4, -0.2) is 23.6 Å². The molecule has 1 heterocycles. The van der Waals surface area contributed by atoms with Gasteiger partial charge in [-0.2, -0.15) is 18.4 Å². The number of anilines is 1. The first-order valence-corrected chi connectivity index (χ1v) is 8.68.